The van der Waals surface area contributed by atoms with Gasteiger partial charge in [-0.05, 0) is 13.0 Å². The number of aromatic nitrogens is 4. The van der Waals surface area contributed by atoms with Crippen LogP contribution in [-0.2, 0) is 0 Å². The number of nitrogens with zero attached hydrogens (tertiary/aromatic N) is 4. The molecular weight excluding hydrogens is 214 g/mol. The van der Waals surface area contributed by atoms with Crippen LogP contribution in [0.15, 0.2) is 12.4 Å². The van der Waals surface area contributed by atoms with Crippen LogP contribution in [0.3, 0.4) is 0 Å². The fraction of sp³-hybridized carbons (Fsp3) is 0.444. The minimum absolute atomic E-state index is 0.408. The van der Waals surface area contributed by atoms with Crippen molar-refractivity contribution in [1.29, 1.82) is 0 Å². The molecule has 2 aromatic rings. The summed E-state index contributed by atoms with van der Waals surface area (Å²) in [4.78, 5) is 8.49. The molecule has 0 aliphatic carbocycles. The fourth-order valence-corrected chi connectivity index (χ4v) is 1.96. The molecule has 1 N–H and O–H groups in total. The minimum atomic E-state index is 0.408. The highest BCUT2D eigenvalue weighted by Crippen LogP contribution is 2.19. The van der Waals surface area contributed by atoms with Crippen molar-refractivity contribution in [3.05, 3.63) is 23.2 Å². The molecule has 0 radical (unpaired) electrons. The summed E-state index contributed by atoms with van der Waals surface area (Å²) >= 11 is 5.82. The van der Waals surface area contributed by atoms with Crippen molar-refractivity contribution in [1.82, 2.24) is 24.9 Å². The molecule has 2 aromatic heterocycles. The normalized spacial score (nSPS) is 21.3. The van der Waals surface area contributed by atoms with Crippen LogP contribution in [0.4, 0.5) is 0 Å². The smallest absolute Gasteiger partial charge is 0.252 e. The predicted octanol–water partition coefficient (Wildman–Crippen LogP) is 0.855. The van der Waals surface area contributed by atoms with Crippen molar-refractivity contribution in [2.24, 2.45) is 0 Å². The molecule has 1 unspecified atom stereocenters. The highest BCUT2D eigenvalue weighted by atomic mass is 35.5. The van der Waals surface area contributed by atoms with Crippen LogP contribution >= 0.6 is 11.6 Å². The SMILES string of the molecule is Clc1cnc2nc(C3CCNC3)nn2c1. The molecule has 0 spiro atoms. The fourth-order valence-electron chi connectivity index (χ4n) is 1.82. The summed E-state index contributed by atoms with van der Waals surface area (Å²) in [7, 11) is 0. The second-order valence-electron chi connectivity index (χ2n) is 3.68. The van der Waals surface area contributed by atoms with Gasteiger partial charge in [0, 0.05) is 12.5 Å². The largest absolute Gasteiger partial charge is 0.316 e. The van der Waals surface area contributed by atoms with E-state index in [2.05, 4.69) is 20.4 Å². The Hall–Kier alpha value is -1.20. The Morgan fingerprint density at radius 2 is 2.47 bits per heavy atom. The average molecular weight is 224 g/mol. The highest BCUT2D eigenvalue weighted by molar-refractivity contribution is 6.30. The number of nitrogens with one attached hydrogen (secondary N) is 1. The Labute approximate surface area is 91.5 Å². The molecule has 3 heterocycles. The van der Waals surface area contributed by atoms with E-state index < -0.39 is 0 Å². The Balaban J connectivity index is 2.05. The van der Waals surface area contributed by atoms with E-state index in [1.807, 2.05) is 0 Å². The van der Waals surface area contributed by atoms with Crippen LogP contribution in [0, 0.1) is 0 Å². The molecule has 15 heavy (non-hydrogen) atoms. The molecule has 0 bridgehead atoms. The standard InChI is InChI=1S/C9H10ClN5/c10-7-4-12-9-13-8(14-15(9)5-7)6-1-2-11-3-6/h4-6,11H,1-3H2. The maximum atomic E-state index is 5.82. The van der Waals surface area contributed by atoms with E-state index in [0.717, 1.165) is 25.3 Å². The molecule has 5 nitrogen and oxygen atoms in total. The Morgan fingerprint density at radius 3 is 3.27 bits per heavy atom. The quantitative estimate of drug-likeness (QED) is 0.779. The lowest BCUT2D eigenvalue weighted by Gasteiger charge is -1.99. The van der Waals surface area contributed by atoms with Gasteiger partial charge in [0.05, 0.1) is 17.4 Å². The molecule has 1 aliphatic rings. The zero-order valence-electron chi connectivity index (χ0n) is 8.02. The second-order valence-corrected chi connectivity index (χ2v) is 4.11. The van der Waals surface area contributed by atoms with Crippen molar-refractivity contribution >= 4 is 17.4 Å². The zero-order valence-corrected chi connectivity index (χ0v) is 8.78. The van der Waals surface area contributed by atoms with E-state index in [-0.39, 0.29) is 0 Å². The predicted molar refractivity (Wildman–Crippen MR) is 56.0 cm³/mol. The molecule has 78 valence electrons. The van der Waals surface area contributed by atoms with Crippen LogP contribution in [0.2, 0.25) is 5.02 Å². The van der Waals surface area contributed by atoms with E-state index in [1.165, 1.54) is 0 Å². The summed E-state index contributed by atoms with van der Waals surface area (Å²) in [6, 6.07) is 0. The molecule has 1 atom stereocenters. The molecule has 3 rings (SSSR count). The van der Waals surface area contributed by atoms with Crippen molar-refractivity contribution in [3.63, 3.8) is 0 Å². The van der Waals surface area contributed by atoms with Crippen LogP contribution in [0.1, 0.15) is 18.2 Å². The second kappa shape index (κ2) is 3.43. The zero-order chi connectivity index (χ0) is 10.3. The maximum absolute atomic E-state index is 5.82. The summed E-state index contributed by atoms with van der Waals surface area (Å²) in [5, 5.41) is 8.24. The molecule has 1 fully saturated rings. The molecule has 0 aromatic carbocycles. The number of hydrogen-bond donors (Lipinski definition) is 1. The average Bonchev–Trinajstić information content (AvgIpc) is 2.84. The summed E-state index contributed by atoms with van der Waals surface area (Å²) < 4.78 is 1.63. The molecular formula is C9H10ClN5. The number of rotatable bonds is 1. The Morgan fingerprint density at radius 1 is 1.53 bits per heavy atom. The third kappa shape index (κ3) is 1.57. The first kappa shape index (κ1) is 9.06. The van der Waals surface area contributed by atoms with Gasteiger partial charge >= 0.3 is 0 Å². The number of fused-ring (bicyclic) bond motifs is 1. The summed E-state index contributed by atoms with van der Waals surface area (Å²) in [6.45, 7) is 1.99. The molecule has 6 heteroatoms. The Kier molecular flexibility index (Phi) is 2.07. The topological polar surface area (TPSA) is 55.1 Å². The summed E-state index contributed by atoms with van der Waals surface area (Å²) in [5.74, 6) is 1.88. The maximum Gasteiger partial charge on any atom is 0.252 e. The van der Waals surface area contributed by atoms with Gasteiger partial charge < -0.3 is 5.32 Å². The van der Waals surface area contributed by atoms with Crippen LogP contribution in [0.25, 0.3) is 5.78 Å². The van der Waals surface area contributed by atoms with Crippen molar-refractivity contribution in [2.75, 3.05) is 13.1 Å². The van der Waals surface area contributed by atoms with Gasteiger partial charge in [-0.1, -0.05) is 11.6 Å². The number of halogens is 1. The van der Waals surface area contributed by atoms with Crippen LogP contribution < -0.4 is 5.32 Å². The third-order valence-electron chi connectivity index (χ3n) is 2.60. The van der Waals surface area contributed by atoms with E-state index in [4.69, 9.17) is 11.6 Å². The minimum Gasteiger partial charge on any atom is -0.316 e. The number of hydrogen-bond acceptors (Lipinski definition) is 4. The molecule has 0 amide bonds. The van der Waals surface area contributed by atoms with Gasteiger partial charge in [0.1, 0.15) is 0 Å². The lowest BCUT2D eigenvalue weighted by molar-refractivity contribution is 0.698. The van der Waals surface area contributed by atoms with Gasteiger partial charge in [0.25, 0.3) is 5.78 Å². The first-order valence-electron chi connectivity index (χ1n) is 4.91. The van der Waals surface area contributed by atoms with E-state index in [9.17, 15) is 0 Å². The molecule has 1 aliphatic heterocycles. The first-order valence-corrected chi connectivity index (χ1v) is 5.29. The van der Waals surface area contributed by atoms with Gasteiger partial charge in [-0.15, -0.1) is 5.10 Å². The van der Waals surface area contributed by atoms with E-state index in [0.29, 0.717) is 16.7 Å². The van der Waals surface area contributed by atoms with E-state index in [1.54, 1.807) is 16.9 Å². The highest BCUT2D eigenvalue weighted by Gasteiger charge is 2.21. The van der Waals surface area contributed by atoms with Crippen molar-refractivity contribution < 1.29 is 0 Å². The summed E-state index contributed by atoms with van der Waals surface area (Å²) in [5.41, 5.74) is 0. The first-order chi connectivity index (χ1) is 7.33. The van der Waals surface area contributed by atoms with Gasteiger partial charge in [-0.3, -0.25) is 0 Å². The van der Waals surface area contributed by atoms with Crippen molar-refractivity contribution in [3.8, 4) is 0 Å². The monoisotopic (exact) mass is 223 g/mol. The van der Waals surface area contributed by atoms with Crippen molar-refractivity contribution in [2.45, 2.75) is 12.3 Å². The lowest BCUT2D eigenvalue weighted by Crippen LogP contribution is -2.08. The van der Waals surface area contributed by atoms with E-state index >= 15 is 0 Å². The molecule has 1 saturated heterocycles. The van der Waals surface area contributed by atoms with Gasteiger partial charge in [0.2, 0.25) is 0 Å². The molecule has 0 saturated carbocycles. The summed E-state index contributed by atoms with van der Waals surface area (Å²) in [6.07, 6.45) is 4.40. The van der Waals surface area contributed by atoms with Gasteiger partial charge in [-0.25, -0.2) is 9.50 Å². The van der Waals surface area contributed by atoms with Crippen LogP contribution in [-0.4, -0.2) is 32.7 Å². The Bertz CT molecular complexity index is 488. The third-order valence-corrected chi connectivity index (χ3v) is 2.80. The lowest BCUT2D eigenvalue weighted by atomic mass is 10.1. The van der Waals surface area contributed by atoms with Gasteiger partial charge in [-0.2, -0.15) is 4.98 Å². The van der Waals surface area contributed by atoms with Gasteiger partial charge in [0.15, 0.2) is 5.82 Å². The van der Waals surface area contributed by atoms with Crippen LogP contribution in [0.5, 0.6) is 0 Å².